The molecular formula is C18H29NO2. The van der Waals surface area contributed by atoms with Crippen molar-refractivity contribution in [3.8, 4) is 0 Å². The first kappa shape index (κ1) is 16.1. The minimum Gasteiger partial charge on any atom is -0.418 e. The second-order valence-electron chi connectivity index (χ2n) is 7.67. The highest BCUT2D eigenvalue weighted by atomic mass is 16.5. The van der Waals surface area contributed by atoms with Crippen LogP contribution in [-0.4, -0.2) is 22.1 Å². The number of amides is 1. The molecule has 0 N–H and O–H groups in total. The second-order valence-corrected chi connectivity index (χ2v) is 7.67. The maximum Gasteiger partial charge on any atom is 0.415 e. The molecule has 1 aliphatic heterocycles. The molecule has 0 aromatic rings. The van der Waals surface area contributed by atoms with Crippen molar-refractivity contribution in [2.24, 2.45) is 11.8 Å². The molecule has 1 saturated carbocycles. The molecule has 3 heteroatoms. The summed E-state index contributed by atoms with van der Waals surface area (Å²) in [6.45, 7) is 12.3. The minimum absolute atomic E-state index is 0.133. The number of nitrogens with zero attached hydrogens (tertiary/aromatic N) is 1. The summed E-state index contributed by atoms with van der Waals surface area (Å²) in [6.07, 6.45) is 11.0. The summed E-state index contributed by atoms with van der Waals surface area (Å²) < 4.78 is 5.42. The van der Waals surface area contributed by atoms with Crippen LogP contribution < -0.4 is 0 Å². The summed E-state index contributed by atoms with van der Waals surface area (Å²) in [4.78, 5) is 14.3. The van der Waals surface area contributed by atoms with Gasteiger partial charge in [0, 0.05) is 11.1 Å². The van der Waals surface area contributed by atoms with Crippen molar-refractivity contribution in [3.05, 3.63) is 25.0 Å². The molecule has 2 rings (SSSR count). The zero-order chi connectivity index (χ0) is 15.7. The van der Waals surface area contributed by atoms with Gasteiger partial charge in [0.15, 0.2) is 0 Å². The van der Waals surface area contributed by atoms with Crippen LogP contribution in [0.15, 0.2) is 25.0 Å². The Hall–Kier alpha value is -1.25. The first-order chi connectivity index (χ1) is 9.78. The number of rotatable bonds is 3. The lowest BCUT2D eigenvalue weighted by molar-refractivity contribution is 0.0639. The lowest BCUT2D eigenvalue weighted by Gasteiger charge is -2.39. The van der Waals surface area contributed by atoms with Gasteiger partial charge in [-0.1, -0.05) is 12.5 Å². The quantitative estimate of drug-likeness (QED) is 0.547. The Bertz CT molecular complexity index is 420. The van der Waals surface area contributed by atoms with Gasteiger partial charge in [0.2, 0.25) is 0 Å². The van der Waals surface area contributed by atoms with Crippen molar-refractivity contribution >= 4 is 6.09 Å². The van der Waals surface area contributed by atoms with E-state index in [1.807, 2.05) is 17.1 Å². The monoisotopic (exact) mass is 291 g/mol. The van der Waals surface area contributed by atoms with E-state index in [9.17, 15) is 4.79 Å². The molecule has 0 radical (unpaired) electrons. The number of carbonyl (C=O) groups is 1. The Kier molecular flexibility index (Phi) is 4.50. The Balaban J connectivity index is 1.97. The van der Waals surface area contributed by atoms with Gasteiger partial charge in [0.05, 0.1) is 6.26 Å². The van der Waals surface area contributed by atoms with E-state index in [0.717, 1.165) is 19.3 Å². The van der Waals surface area contributed by atoms with E-state index in [1.165, 1.54) is 12.8 Å². The lowest BCUT2D eigenvalue weighted by Crippen LogP contribution is -2.51. The summed E-state index contributed by atoms with van der Waals surface area (Å²) in [5.74, 6) is 0.995. The molecule has 21 heavy (non-hydrogen) atoms. The van der Waals surface area contributed by atoms with E-state index in [4.69, 9.17) is 4.74 Å². The van der Waals surface area contributed by atoms with E-state index in [-0.39, 0.29) is 17.2 Å². The Morgan fingerprint density at radius 1 is 1.14 bits per heavy atom. The molecule has 2 atom stereocenters. The van der Waals surface area contributed by atoms with Crippen LogP contribution in [-0.2, 0) is 4.74 Å². The van der Waals surface area contributed by atoms with Crippen LogP contribution in [0.4, 0.5) is 4.79 Å². The summed E-state index contributed by atoms with van der Waals surface area (Å²) in [5, 5.41) is 0. The van der Waals surface area contributed by atoms with Crippen LogP contribution in [0.2, 0.25) is 0 Å². The second kappa shape index (κ2) is 5.86. The third-order valence-electron chi connectivity index (χ3n) is 5.16. The zero-order valence-corrected chi connectivity index (χ0v) is 13.9. The number of likely N-dealkylation sites (tertiary alicyclic amines) is 1. The Morgan fingerprint density at radius 2 is 1.71 bits per heavy atom. The van der Waals surface area contributed by atoms with Crippen LogP contribution in [0.25, 0.3) is 0 Å². The average Bonchev–Trinajstić information content (AvgIpc) is 2.91. The number of ether oxygens (including phenoxy) is 1. The number of hydrogen-bond donors (Lipinski definition) is 0. The van der Waals surface area contributed by atoms with Gasteiger partial charge in [-0.2, -0.15) is 0 Å². The van der Waals surface area contributed by atoms with Gasteiger partial charge in [-0.05, 0) is 71.3 Å². The van der Waals surface area contributed by atoms with Crippen LogP contribution in [0.5, 0.6) is 0 Å². The van der Waals surface area contributed by atoms with E-state index < -0.39 is 0 Å². The largest absolute Gasteiger partial charge is 0.418 e. The van der Waals surface area contributed by atoms with Crippen LogP contribution >= 0.6 is 0 Å². The first-order valence-corrected chi connectivity index (χ1v) is 8.08. The average molecular weight is 291 g/mol. The van der Waals surface area contributed by atoms with Crippen molar-refractivity contribution in [2.75, 3.05) is 0 Å². The normalized spacial score (nSPS) is 30.8. The van der Waals surface area contributed by atoms with Crippen molar-refractivity contribution in [3.63, 3.8) is 0 Å². The van der Waals surface area contributed by atoms with Gasteiger partial charge in [-0.3, -0.25) is 4.90 Å². The molecule has 0 bridgehead atoms. The molecule has 2 aliphatic rings. The van der Waals surface area contributed by atoms with E-state index in [2.05, 4.69) is 34.3 Å². The SMILES string of the molecule is C=C[C@H]1CCC[C@H]1/C=C\OC(=O)N1C(C)(C)CCC1(C)C. The fourth-order valence-corrected chi connectivity index (χ4v) is 3.95. The fourth-order valence-electron chi connectivity index (χ4n) is 3.95. The number of hydrogen-bond acceptors (Lipinski definition) is 2. The summed E-state index contributed by atoms with van der Waals surface area (Å²) in [5.41, 5.74) is -0.267. The molecule has 0 spiro atoms. The highest BCUT2D eigenvalue weighted by Crippen LogP contribution is 2.41. The number of carbonyl (C=O) groups excluding carboxylic acids is 1. The molecule has 0 aromatic heterocycles. The standard InChI is InChI=1S/C18H29NO2/c1-6-14-8-7-9-15(14)10-13-21-16(20)19-17(2,3)11-12-18(19,4)5/h6,10,13-15H,1,7-9,11-12H2,2-5H3/b13-10-/t14-,15-/m0/s1. The molecule has 1 heterocycles. The highest BCUT2D eigenvalue weighted by molar-refractivity contribution is 5.71. The molecular weight excluding hydrogens is 262 g/mol. The molecule has 118 valence electrons. The molecule has 0 aromatic carbocycles. The molecule has 3 nitrogen and oxygen atoms in total. The van der Waals surface area contributed by atoms with E-state index in [0.29, 0.717) is 11.8 Å². The van der Waals surface area contributed by atoms with Gasteiger partial charge in [-0.25, -0.2) is 4.79 Å². The Morgan fingerprint density at radius 3 is 2.29 bits per heavy atom. The van der Waals surface area contributed by atoms with Gasteiger partial charge < -0.3 is 4.74 Å². The van der Waals surface area contributed by atoms with Crippen LogP contribution in [0.3, 0.4) is 0 Å². The van der Waals surface area contributed by atoms with Crippen molar-refractivity contribution in [1.29, 1.82) is 0 Å². The highest BCUT2D eigenvalue weighted by Gasteiger charge is 2.48. The van der Waals surface area contributed by atoms with Gasteiger partial charge >= 0.3 is 6.09 Å². The third-order valence-corrected chi connectivity index (χ3v) is 5.16. The molecule has 1 aliphatic carbocycles. The zero-order valence-electron chi connectivity index (χ0n) is 13.9. The first-order valence-electron chi connectivity index (χ1n) is 8.08. The third kappa shape index (κ3) is 3.33. The fraction of sp³-hybridized carbons (Fsp3) is 0.722. The maximum absolute atomic E-state index is 12.4. The van der Waals surface area contributed by atoms with Crippen molar-refractivity contribution in [1.82, 2.24) is 4.90 Å². The smallest absolute Gasteiger partial charge is 0.415 e. The molecule has 1 amide bonds. The Labute approximate surface area is 129 Å². The van der Waals surface area contributed by atoms with E-state index in [1.54, 1.807) is 6.26 Å². The minimum atomic E-state index is -0.230. The van der Waals surface area contributed by atoms with Crippen molar-refractivity contribution < 1.29 is 9.53 Å². The summed E-state index contributed by atoms with van der Waals surface area (Å²) in [7, 11) is 0. The van der Waals surface area contributed by atoms with E-state index >= 15 is 0 Å². The van der Waals surface area contributed by atoms with Gasteiger partial charge in [-0.15, -0.1) is 6.58 Å². The van der Waals surface area contributed by atoms with Gasteiger partial charge in [0.1, 0.15) is 0 Å². The summed E-state index contributed by atoms with van der Waals surface area (Å²) >= 11 is 0. The van der Waals surface area contributed by atoms with Crippen LogP contribution in [0, 0.1) is 11.8 Å². The van der Waals surface area contributed by atoms with Crippen LogP contribution in [0.1, 0.15) is 59.8 Å². The summed E-state index contributed by atoms with van der Waals surface area (Å²) in [6, 6.07) is 0. The molecule has 2 fully saturated rings. The predicted molar refractivity (Wildman–Crippen MR) is 85.9 cm³/mol. The molecule has 1 saturated heterocycles. The lowest BCUT2D eigenvalue weighted by atomic mass is 9.96. The van der Waals surface area contributed by atoms with Crippen molar-refractivity contribution in [2.45, 2.75) is 70.9 Å². The maximum atomic E-state index is 12.4. The predicted octanol–water partition coefficient (Wildman–Crippen LogP) is 4.89. The molecule has 0 unspecified atom stereocenters. The topological polar surface area (TPSA) is 29.5 Å². The van der Waals surface area contributed by atoms with Gasteiger partial charge in [0.25, 0.3) is 0 Å². The number of allylic oxidation sites excluding steroid dienone is 2.